The van der Waals surface area contributed by atoms with Crippen LogP contribution in [-0.4, -0.2) is 71.6 Å². The predicted molar refractivity (Wildman–Crippen MR) is 80.1 cm³/mol. The van der Waals surface area contributed by atoms with E-state index in [0.717, 1.165) is 0 Å². The lowest BCUT2D eigenvalue weighted by molar-refractivity contribution is -0.217. The summed E-state index contributed by atoms with van der Waals surface area (Å²) >= 11 is 16.6. The number of morpholine rings is 2. The molecule has 7 nitrogen and oxygen atoms in total. The van der Waals surface area contributed by atoms with Gasteiger partial charge >= 0.3 is 7.59 Å². The highest BCUT2D eigenvalue weighted by molar-refractivity contribution is 7.58. The Morgan fingerprint density at radius 1 is 1.00 bits per heavy atom. The first kappa shape index (κ1) is 17.8. The Hall–Kier alpha value is 0.410. The van der Waals surface area contributed by atoms with Crippen LogP contribution in [0.1, 0.15) is 0 Å². The van der Waals surface area contributed by atoms with Crippen molar-refractivity contribution in [2.75, 3.05) is 52.6 Å². The molecule has 0 spiro atoms. The van der Waals surface area contributed by atoms with Gasteiger partial charge in [-0.2, -0.15) is 0 Å². The smallest absolute Gasteiger partial charge is 0.328 e. The van der Waals surface area contributed by atoms with Gasteiger partial charge in [-0.25, -0.2) is 14.1 Å². The van der Waals surface area contributed by atoms with Gasteiger partial charge in [-0.15, -0.1) is 0 Å². The van der Waals surface area contributed by atoms with Crippen molar-refractivity contribution >= 4 is 48.3 Å². The maximum absolute atomic E-state index is 13.4. The van der Waals surface area contributed by atoms with E-state index in [0.29, 0.717) is 52.6 Å². The molecule has 0 unspecified atom stereocenters. The van der Waals surface area contributed by atoms with Gasteiger partial charge in [0.15, 0.2) is 0 Å². The first-order chi connectivity index (χ1) is 9.84. The van der Waals surface area contributed by atoms with Crippen LogP contribution in [0.25, 0.3) is 0 Å². The van der Waals surface area contributed by atoms with Crippen molar-refractivity contribution in [2.24, 2.45) is 4.76 Å². The molecule has 2 rings (SSSR count). The first-order valence-electron chi connectivity index (χ1n) is 6.45. The van der Waals surface area contributed by atoms with Crippen LogP contribution in [0, 0.1) is 0 Å². The molecule has 0 saturated carbocycles. The zero-order valence-corrected chi connectivity index (χ0v) is 14.4. The predicted octanol–water partition coefficient (Wildman–Crippen LogP) is 0.888. The molecule has 21 heavy (non-hydrogen) atoms. The van der Waals surface area contributed by atoms with Crippen LogP contribution in [0.5, 0.6) is 0 Å². The molecule has 0 aromatic carbocycles. The number of hydrogen-bond donors (Lipinski definition) is 0. The lowest BCUT2D eigenvalue weighted by Gasteiger charge is -2.40. The van der Waals surface area contributed by atoms with Crippen LogP contribution < -0.4 is 5.11 Å². The van der Waals surface area contributed by atoms with Crippen LogP contribution in [-0.2, 0) is 14.0 Å². The van der Waals surface area contributed by atoms with E-state index in [1.165, 1.54) is 0 Å². The largest absolute Gasteiger partial charge is 0.859 e. The quantitative estimate of drug-likeness (QED) is 0.314. The van der Waals surface area contributed by atoms with E-state index in [-0.39, 0.29) is 0 Å². The highest BCUT2D eigenvalue weighted by Gasteiger charge is 2.39. The van der Waals surface area contributed by atoms with E-state index >= 15 is 0 Å². The summed E-state index contributed by atoms with van der Waals surface area (Å²) in [6, 6.07) is 0. The van der Waals surface area contributed by atoms with Crippen molar-refractivity contribution in [1.29, 1.82) is 0 Å². The van der Waals surface area contributed by atoms with Crippen molar-refractivity contribution in [2.45, 2.75) is 3.79 Å². The molecule has 0 amide bonds. The van der Waals surface area contributed by atoms with E-state index in [1.807, 2.05) is 0 Å². The molecule has 0 radical (unpaired) electrons. The Morgan fingerprint density at radius 3 is 1.71 bits per heavy atom. The Morgan fingerprint density at radius 2 is 1.38 bits per heavy atom. The topological polar surface area (TPSA) is 77.4 Å². The highest BCUT2D eigenvalue weighted by Crippen LogP contribution is 2.55. The van der Waals surface area contributed by atoms with Gasteiger partial charge in [-0.1, -0.05) is 34.8 Å². The minimum atomic E-state index is -3.49. The minimum Gasteiger partial charge on any atom is -0.859 e. The summed E-state index contributed by atoms with van der Waals surface area (Å²) < 4.78 is 28.7. The lowest BCUT2D eigenvalue weighted by atomic mass is 10.5. The monoisotopic (exact) mass is 378 g/mol. The van der Waals surface area contributed by atoms with Gasteiger partial charge in [0.05, 0.1) is 26.4 Å². The van der Waals surface area contributed by atoms with Gasteiger partial charge in [0, 0.05) is 32.1 Å². The molecule has 11 heteroatoms. The molecule has 0 bridgehead atoms. The van der Waals surface area contributed by atoms with Crippen molar-refractivity contribution in [3.8, 4) is 0 Å². The summed E-state index contributed by atoms with van der Waals surface area (Å²) in [6.45, 7) is 3.32. The molecule has 122 valence electrons. The lowest BCUT2D eigenvalue weighted by Crippen LogP contribution is -2.44. The summed E-state index contributed by atoms with van der Waals surface area (Å²) in [5.74, 6) is -1.02. The maximum Gasteiger partial charge on any atom is 0.328 e. The third-order valence-corrected chi connectivity index (χ3v) is 6.38. The summed E-state index contributed by atoms with van der Waals surface area (Å²) in [4.78, 5) is 0. The fourth-order valence-electron chi connectivity index (χ4n) is 2.11. The Labute approximate surface area is 138 Å². The van der Waals surface area contributed by atoms with Crippen LogP contribution in [0.4, 0.5) is 0 Å². The molecular weight excluding hydrogens is 363 g/mol. The number of halogens is 3. The van der Waals surface area contributed by atoms with Gasteiger partial charge in [0.1, 0.15) is 0 Å². The van der Waals surface area contributed by atoms with Crippen LogP contribution in [0.2, 0.25) is 0 Å². The fourth-order valence-corrected chi connectivity index (χ4v) is 4.78. The van der Waals surface area contributed by atoms with E-state index in [9.17, 15) is 9.67 Å². The standard InChI is InChI=1S/C10H17Cl3N3O4P/c11-10(12,13)9(17)14-21(18,15-1-5-19-6-2-15)16-3-7-20-8-4-16/h1-8H2,(H,14,17,18)/p-1. The average molecular weight is 380 g/mol. The molecule has 0 aromatic heterocycles. The zero-order chi connectivity index (χ0) is 15.5. The minimum absolute atomic E-state index is 0.408. The third kappa shape index (κ3) is 4.45. The second-order valence-electron chi connectivity index (χ2n) is 4.55. The second kappa shape index (κ2) is 7.32. The highest BCUT2D eigenvalue weighted by atomic mass is 35.6. The summed E-state index contributed by atoms with van der Waals surface area (Å²) in [5.41, 5.74) is 0. The molecule has 2 aliphatic heterocycles. The fraction of sp³-hybridized carbons (Fsp3) is 0.900. The summed E-state index contributed by atoms with van der Waals surface area (Å²) in [5, 5.41) is 11.9. The van der Waals surface area contributed by atoms with Crippen LogP contribution in [0.3, 0.4) is 0 Å². The van der Waals surface area contributed by atoms with E-state index < -0.39 is 17.3 Å². The van der Waals surface area contributed by atoms with E-state index in [1.54, 1.807) is 9.34 Å². The zero-order valence-electron chi connectivity index (χ0n) is 11.2. The number of hydrogen-bond acceptors (Lipinski definition) is 4. The van der Waals surface area contributed by atoms with Crippen molar-refractivity contribution in [3.05, 3.63) is 0 Å². The number of alkyl halides is 3. The molecule has 0 atom stereocenters. The number of ether oxygens (including phenoxy) is 2. The van der Waals surface area contributed by atoms with Gasteiger partial charge < -0.3 is 14.6 Å². The molecule has 0 aromatic rings. The second-order valence-corrected chi connectivity index (χ2v) is 9.19. The SMILES string of the molecule is O=P(/N=C(\[O-])C(Cl)(Cl)Cl)(N1CCOCC1)N1CCOCC1. The van der Waals surface area contributed by atoms with E-state index in [4.69, 9.17) is 44.3 Å². The summed E-state index contributed by atoms with van der Waals surface area (Å²) in [7, 11) is -3.49. The molecule has 0 aliphatic carbocycles. The molecule has 2 saturated heterocycles. The maximum atomic E-state index is 13.4. The van der Waals surface area contributed by atoms with Crippen molar-refractivity contribution < 1.29 is 19.1 Å². The molecule has 2 fully saturated rings. The first-order valence-corrected chi connectivity index (χ1v) is 9.15. The van der Waals surface area contributed by atoms with Crippen molar-refractivity contribution in [3.63, 3.8) is 0 Å². The molecule has 0 N–H and O–H groups in total. The van der Waals surface area contributed by atoms with Crippen LogP contribution in [0.15, 0.2) is 4.76 Å². The van der Waals surface area contributed by atoms with Gasteiger partial charge in [-0.3, -0.25) is 4.57 Å². The number of nitrogens with zero attached hydrogens (tertiary/aromatic N) is 3. The Balaban J connectivity index is 2.30. The van der Waals surface area contributed by atoms with Crippen LogP contribution >= 0.6 is 42.4 Å². The number of rotatable bonds is 3. The van der Waals surface area contributed by atoms with E-state index in [2.05, 4.69) is 4.76 Å². The van der Waals surface area contributed by atoms with Crippen molar-refractivity contribution in [1.82, 2.24) is 9.34 Å². The molecule has 2 aliphatic rings. The normalized spacial score (nSPS) is 24.2. The Bertz CT molecular complexity index is 412. The average Bonchev–Trinajstić information content (AvgIpc) is 2.48. The van der Waals surface area contributed by atoms with Gasteiger partial charge in [0.25, 0.3) is 0 Å². The third-order valence-electron chi connectivity index (χ3n) is 3.18. The Kier molecular flexibility index (Phi) is 6.19. The van der Waals surface area contributed by atoms with Gasteiger partial charge in [0.2, 0.25) is 3.79 Å². The molecule has 2 heterocycles. The van der Waals surface area contributed by atoms with Gasteiger partial charge in [-0.05, 0) is 0 Å². The summed E-state index contributed by atoms with van der Waals surface area (Å²) in [6.07, 6.45) is 0. The molecular formula is C10H16Cl3N3O4P-.